The molecule has 2 heterocycles. The van der Waals surface area contributed by atoms with Gasteiger partial charge >= 0.3 is 19.4 Å². The van der Waals surface area contributed by atoms with Crippen molar-refractivity contribution >= 4 is 48.5 Å². The maximum atomic E-state index is 13.6. The SMILES string of the molecule is COC(=O)[C@H](Cc1ccccc1)NP(=O)(OC[C@@H]1C=C[C@H](n2cc(C)c(=O)[nH]c2=O)O1)OCC(Cl)(Cl)Cl. The fourth-order valence-corrected chi connectivity index (χ4v) is 5.22. The summed E-state index contributed by atoms with van der Waals surface area (Å²) < 4.78 is 34.4. The molecule has 0 fully saturated rings. The Morgan fingerprint density at radius 3 is 2.57 bits per heavy atom. The van der Waals surface area contributed by atoms with Crippen molar-refractivity contribution in [2.45, 2.75) is 35.5 Å². The van der Waals surface area contributed by atoms with Gasteiger partial charge in [-0.1, -0.05) is 71.2 Å². The van der Waals surface area contributed by atoms with E-state index in [0.717, 1.165) is 5.56 Å². The largest absolute Gasteiger partial charge is 0.468 e. The van der Waals surface area contributed by atoms with Gasteiger partial charge in [-0.05, 0) is 25.0 Å². The molecule has 1 aromatic carbocycles. The highest BCUT2D eigenvalue weighted by molar-refractivity contribution is 7.51. The average Bonchev–Trinajstić information content (AvgIpc) is 3.32. The van der Waals surface area contributed by atoms with Gasteiger partial charge in [-0.2, -0.15) is 0 Å². The van der Waals surface area contributed by atoms with E-state index in [-0.39, 0.29) is 13.0 Å². The number of aromatic nitrogens is 2. The second kappa shape index (κ2) is 12.7. The number of carbonyl (C=O) groups excluding carboxylic acids is 1. The van der Waals surface area contributed by atoms with Gasteiger partial charge in [0.2, 0.25) is 3.79 Å². The number of esters is 1. The molecule has 4 atom stereocenters. The molecule has 0 amide bonds. The molecule has 1 unspecified atom stereocenters. The maximum Gasteiger partial charge on any atom is 0.406 e. The summed E-state index contributed by atoms with van der Waals surface area (Å²) in [6.45, 7) is 0.621. The molecule has 0 radical (unpaired) electrons. The quantitative estimate of drug-likeness (QED) is 0.173. The van der Waals surface area contributed by atoms with Crippen molar-refractivity contribution in [2.75, 3.05) is 20.3 Å². The second-order valence-corrected chi connectivity index (χ2v) is 12.3. The molecule has 0 saturated carbocycles. The summed E-state index contributed by atoms with van der Waals surface area (Å²) in [5.41, 5.74) is -0.0915. The highest BCUT2D eigenvalue weighted by atomic mass is 35.6. The number of aryl methyl sites for hydroxylation is 1. The summed E-state index contributed by atoms with van der Waals surface area (Å²) in [5.74, 6) is -0.713. The maximum absolute atomic E-state index is 13.6. The molecule has 0 saturated heterocycles. The number of nitrogens with zero attached hydrogens (tertiary/aromatic N) is 1. The third kappa shape index (κ3) is 8.80. The molecule has 0 spiro atoms. The Hall–Kier alpha value is -1.95. The van der Waals surface area contributed by atoms with E-state index in [1.807, 2.05) is 6.07 Å². The van der Waals surface area contributed by atoms with Gasteiger partial charge in [-0.3, -0.25) is 28.2 Å². The minimum atomic E-state index is -4.28. The lowest BCUT2D eigenvalue weighted by Crippen LogP contribution is -2.39. The molecule has 202 valence electrons. The lowest BCUT2D eigenvalue weighted by atomic mass is 10.1. The highest BCUT2D eigenvalue weighted by Gasteiger charge is 2.37. The van der Waals surface area contributed by atoms with Crippen molar-refractivity contribution in [3.63, 3.8) is 0 Å². The second-order valence-electron chi connectivity index (χ2n) is 8.01. The molecule has 2 N–H and O–H groups in total. The summed E-state index contributed by atoms with van der Waals surface area (Å²) >= 11 is 17.3. The number of aromatic amines is 1. The van der Waals surface area contributed by atoms with Gasteiger partial charge in [0, 0.05) is 11.8 Å². The van der Waals surface area contributed by atoms with E-state index in [0.29, 0.717) is 5.56 Å². The smallest absolute Gasteiger partial charge is 0.406 e. The zero-order valence-electron chi connectivity index (χ0n) is 19.8. The Kier molecular flexibility index (Phi) is 10.2. The minimum absolute atomic E-state index is 0.106. The molecule has 37 heavy (non-hydrogen) atoms. The molecular weight excluding hydrogens is 572 g/mol. The Morgan fingerprint density at radius 2 is 1.92 bits per heavy atom. The van der Waals surface area contributed by atoms with Crippen LogP contribution in [0, 0.1) is 6.92 Å². The van der Waals surface area contributed by atoms with E-state index in [1.165, 1.54) is 17.9 Å². The number of nitrogens with one attached hydrogen (secondary N) is 2. The van der Waals surface area contributed by atoms with Gasteiger partial charge in [-0.25, -0.2) is 14.4 Å². The summed E-state index contributed by atoms with van der Waals surface area (Å²) in [6.07, 6.45) is 3.02. The predicted molar refractivity (Wildman–Crippen MR) is 138 cm³/mol. The number of ether oxygens (including phenoxy) is 2. The van der Waals surface area contributed by atoms with Gasteiger partial charge in [-0.15, -0.1) is 0 Å². The zero-order valence-corrected chi connectivity index (χ0v) is 22.9. The number of hydrogen-bond donors (Lipinski definition) is 2. The lowest BCUT2D eigenvalue weighted by Gasteiger charge is -2.26. The van der Waals surface area contributed by atoms with Crippen LogP contribution >= 0.6 is 42.5 Å². The van der Waals surface area contributed by atoms with Crippen LogP contribution in [0.3, 0.4) is 0 Å². The van der Waals surface area contributed by atoms with Crippen molar-refractivity contribution < 1.29 is 27.9 Å². The average molecular weight is 597 g/mol. The normalized spacial score (nSPS) is 19.9. The number of carbonyl (C=O) groups is 1. The number of halogens is 3. The number of rotatable bonds is 11. The van der Waals surface area contributed by atoms with E-state index in [1.54, 1.807) is 43.3 Å². The van der Waals surface area contributed by atoms with Crippen LogP contribution in [0.5, 0.6) is 0 Å². The van der Waals surface area contributed by atoms with Crippen molar-refractivity contribution in [3.05, 3.63) is 80.6 Å². The van der Waals surface area contributed by atoms with Gasteiger partial charge in [0.05, 0.1) is 13.7 Å². The van der Waals surface area contributed by atoms with Gasteiger partial charge in [0.1, 0.15) is 18.8 Å². The van der Waals surface area contributed by atoms with Gasteiger partial charge in [0.25, 0.3) is 5.56 Å². The van der Waals surface area contributed by atoms with Crippen LogP contribution in [0.15, 0.2) is 58.3 Å². The van der Waals surface area contributed by atoms with Gasteiger partial charge < -0.3 is 9.47 Å². The Morgan fingerprint density at radius 1 is 1.22 bits per heavy atom. The van der Waals surface area contributed by atoms with Crippen molar-refractivity contribution in [2.24, 2.45) is 0 Å². The van der Waals surface area contributed by atoms with Crippen molar-refractivity contribution in [3.8, 4) is 0 Å². The van der Waals surface area contributed by atoms with Crippen LogP contribution in [0.4, 0.5) is 0 Å². The van der Waals surface area contributed by atoms with E-state index in [9.17, 15) is 18.9 Å². The number of methoxy groups -OCH3 is 1. The molecular formula is C22H25Cl3N3O8P. The van der Waals surface area contributed by atoms with Crippen LogP contribution in [0.1, 0.15) is 17.4 Å². The summed E-state index contributed by atoms with van der Waals surface area (Å²) in [7, 11) is -3.09. The topological polar surface area (TPSA) is 138 Å². The number of H-pyrrole nitrogens is 1. The molecule has 15 heteroatoms. The fourth-order valence-electron chi connectivity index (χ4n) is 3.32. The first-order chi connectivity index (χ1) is 17.4. The summed E-state index contributed by atoms with van der Waals surface area (Å²) in [6, 6.07) is 7.83. The van der Waals surface area contributed by atoms with Crippen LogP contribution in [-0.2, 0) is 34.3 Å². The standard InChI is InChI=1S/C22H25Cl3N3O8P/c1-14-11-28(21(31)26-19(14)29)18-9-8-16(36-18)12-34-37(32,35-13-22(23,24)25)27-17(20(30)33-2)10-15-6-4-3-5-7-15/h3-9,11,16-18H,10,12-13H2,1-2H3,(H,27,32)(H,26,29,31)/t16-,17-,18+,37?/m0/s1. The van der Waals surface area contributed by atoms with Crippen LogP contribution in [0.25, 0.3) is 0 Å². The first-order valence-electron chi connectivity index (χ1n) is 10.9. The summed E-state index contributed by atoms with van der Waals surface area (Å²) in [5, 5.41) is 2.58. The third-order valence-corrected chi connectivity index (χ3v) is 7.03. The number of hydrogen-bond acceptors (Lipinski definition) is 8. The van der Waals surface area contributed by atoms with Crippen molar-refractivity contribution in [1.82, 2.24) is 14.6 Å². The molecule has 3 rings (SSSR count). The molecule has 0 aliphatic carbocycles. The molecule has 1 aliphatic heterocycles. The van der Waals surface area contributed by atoms with E-state index < -0.39 is 53.7 Å². The molecule has 1 aromatic heterocycles. The first kappa shape index (κ1) is 29.6. The Balaban J connectivity index is 1.73. The molecule has 11 nitrogen and oxygen atoms in total. The van der Waals surface area contributed by atoms with Crippen LogP contribution in [-0.4, -0.2) is 51.8 Å². The Bertz CT molecular complexity index is 1280. The fraction of sp³-hybridized carbons (Fsp3) is 0.409. The minimum Gasteiger partial charge on any atom is -0.468 e. The predicted octanol–water partition coefficient (Wildman–Crippen LogP) is 3.18. The third-order valence-electron chi connectivity index (χ3n) is 5.11. The van der Waals surface area contributed by atoms with E-state index >= 15 is 0 Å². The molecule has 2 aromatic rings. The number of alkyl halides is 3. The van der Waals surface area contributed by atoms with Crippen LogP contribution in [0.2, 0.25) is 0 Å². The molecule has 1 aliphatic rings. The summed E-state index contributed by atoms with van der Waals surface area (Å²) in [4.78, 5) is 38.4. The van der Waals surface area contributed by atoms with Crippen LogP contribution < -0.4 is 16.3 Å². The monoisotopic (exact) mass is 595 g/mol. The van der Waals surface area contributed by atoms with Gasteiger partial charge in [0.15, 0.2) is 6.23 Å². The Labute approximate surface area is 227 Å². The van der Waals surface area contributed by atoms with E-state index in [4.69, 9.17) is 53.3 Å². The van der Waals surface area contributed by atoms with Crippen molar-refractivity contribution in [1.29, 1.82) is 0 Å². The first-order valence-corrected chi connectivity index (χ1v) is 13.6. The number of benzene rings is 1. The molecule has 0 bridgehead atoms. The van der Waals surface area contributed by atoms with E-state index in [2.05, 4.69) is 10.1 Å². The highest BCUT2D eigenvalue weighted by Crippen LogP contribution is 2.47. The zero-order chi connectivity index (χ0) is 27.2. The lowest BCUT2D eigenvalue weighted by molar-refractivity contribution is -0.142.